The van der Waals surface area contributed by atoms with E-state index in [2.05, 4.69) is 27.0 Å². The van der Waals surface area contributed by atoms with Crippen LogP contribution in [0.4, 0.5) is 0 Å². The third-order valence-corrected chi connectivity index (χ3v) is 2.07. The summed E-state index contributed by atoms with van der Waals surface area (Å²) in [6, 6.07) is 7.47. The minimum atomic E-state index is -0.349. The molecule has 0 N–H and O–H groups in total. The molecule has 0 fully saturated rings. The van der Waals surface area contributed by atoms with Gasteiger partial charge in [0.2, 0.25) is 0 Å². The third-order valence-electron chi connectivity index (χ3n) is 1.77. The smallest absolute Gasteiger partial charge is 0.349 e. The minimum absolute atomic E-state index is 0.349. The van der Waals surface area contributed by atoms with Crippen molar-refractivity contribution in [1.29, 1.82) is 0 Å². The van der Waals surface area contributed by atoms with Crippen LogP contribution < -0.4 is 0 Å². The second kappa shape index (κ2) is 5.02. The van der Waals surface area contributed by atoms with Gasteiger partial charge in [-0.05, 0) is 24.1 Å². The average Bonchev–Trinajstić information content (AvgIpc) is 2.18. The Morgan fingerprint density at radius 2 is 2.31 bits per heavy atom. The Labute approximate surface area is 86.4 Å². The Hall–Kier alpha value is -0.830. The number of halogens is 1. The van der Waals surface area contributed by atoms with E-state index in [1.54, 1.807) is 6.07 Å². The predicted octanol–water partition coefficient (Wildman–Crippen LogP) is 3.11. The van der Waals surface area contributed by atoms with Gasteiger partial charge in [-0.15, -0.1) is 0 Å². The standard InChI is InChI=1S/C10H11BrO2/c1-2-4-8-5-3-6-9(7-8)10(12)13-11/h3,5-7H,2,4H2,1H3. The van der Waals surface area contributed by atoms with Gasteiger partial charge in [0.25, 0.3) is 0 Å². The quantitative estimate of drug-likeness (QED) is 0.815. The Balaban J connectivity index is 2.85. The molecule has 0 aliphatic heterocycles. The number of hydrogen-bond acceptors (Lipinski definition) is 2. The Bertz CT molecular complexity index is 297. The summed E-state index contributed by atoms with van der Waals surface area (Å²) in [7, 11) is 0. The molecule has 0 saturated carbocycles. The SMILES string of the molecule is CCCc1cccc(C(=O)OBr)c1. The first-order valence-electron chi connectivity index (χ1n) is 4.19. The van der Waals surface area contributed by atoms with Gasteiger partial charge in [-0.25, -0.2) is 4.79 Å². The van der Waals surface area contributed by atoms with Gasteiger partial charge in [-0.3, -0.25) is 0 Å². The molecule has 3 heteroatoms. The molecule has 0 saturated heterocycles. The van der Waals surface area contributed by atoms with E-state index in [4.69, 9.17) is 0 Å². The fourth-order valence-corrected chi connectivity index (χ4v) is 1.37. The van der Waals surface area contributed by atoms with Crippen molar-refractivity contribution in [3.05, 3.63) is 35.4 Å². The van der Waals surface area contributed by atoms with Crippen LogP contribution in [0.3, 0.4) is 0 Å². The lowest BCUT2D eigenvalue weighted by molar-refractivity contribution is 0.0782. The summed E-state index contributed by atoms with van der Waals surface area (Å²) in [4.78, 5) is 11.1. The summed E-state index contributed by atoms with van der Waals surface area (Å²) in [5, 5.41) is 0. The second-order valence-electron chi connectivity index (χ2n) is 2.81. The summed E-state index contributed by atoms with van der Waals surface area (Å²) in [6.45, 7) is 2.11. The summed E-state index contributed by atoms with van der Waals surface area (Å²) in [5.74, 6) is -0.349. The van der Waals surface area contributed by atoms with Crippen LogP contribution in [0.25, 0.3) is 0 Å². The number of carbonyl (C=O) groups is 1. The molecule has 0 amide bonds. The van der Waals surface area contributed by atoms with E-state index < -0.39 is 0 Å². The van der Waals surface area contributed by atoms with Gasteiger partial charge in [-0.2, -0.15) is 0 Å². The van der Waals surface area contributed by atoms with E-state index in [-0.39, 0.29) is 5.97 Å². The van der Waals surface area contributed by atoms with Crippen LogP contribution in [0.5, 0.6) is 0 Å². The molecule has 2 nitrogen and oxygen atoms in total. The van der Waals surface area contributed by atoms with Crippen LogP contribution in [0.1, 0.15) is 29.3 Å². The first kappa shape index (κ1) is 10.3. The minimum Gasteiger partial charge on any atom is -0.380 e. The van der Waals surface area contributed by atoms with Crippen molar-refractivity contribution in [2.24, 2.45) is 0 Å². The molecule has 0 unspecified atom stereocenters. The molecule has 70 valence electrons. The molecule has 0 aromatic heterocycles. The number of carbonyl (C=O) groups excluding carboxylic acids is 1. The van der Waals surface area contributed by atoms with Crippen molar-refractivity contribution >= 4 is 22.2 Å². The van der Waals surface area contributed by atoms with Crippen molar-refractivity contribution in [2.75, 3.05) is 0 Å². The number of benzene rings is 1. The van der Waals surface area contributed by atoms with E-state index in [0.29, 0.717) is 5.56 Å². The fraction of sp³-hybridized carbons (Fsp3) is 0.300. The number of rotatable bonds is 3. The Morgan fingerprint density at radius 1 is 1.54 bits per heavy atom. The molecule has 0 heterocycles. The molecule has 0 radical (unpaired) electrons. The van der Waals surface area contributed by atoms with E-state index in [9.17, 15) is 4.79 Å². The molecule has 0 spiro atoms. The maximum atomic E-state index is 11.1. The molecule has 1 rings (SSSR count). The summed E-state index contributed by atoms with van der Waals surface area (Å²) >= 11 is 2.67. The molecule has 1 aromatic carbocycles. The maximum Gasteiger partial charge on any atom is 0.349 e. The van der Waals surface area contributed by atoms with Crippen LogP contribution >= 0.6 is 16.3 Å². The zero-order chi connectivity index (χ0) is 9.68. The lowest BCUT2D eigenvalue weighted by atomic mass is 10.1. The van der Waals surface area contributed by atoms with Crippen LogP contribution in [0.15, 0.2) is 24.3 Å². The lowest BCUT2D eigenvalue weighted by Crippen LogP contribution is -1.98. The van der Waals surface area contributed by atoms with Crippen LogP contribution in [0, 0.1) is 0 Å². The van der Waals surface area contributed by atoms with E-state index >= 15 is 0 Å². The van der Waals surface area contributed by atoms with Gasteiger partial charge in [0.15, 0.2) is 16.3 Å². The van der Waals surface area contributed by atoms with Crippen LogP contribution in [-0.4, -0.2) is 5.97 Å². The zero-order valence-electron chi connectivity index (χ0n) is 7.42. The van der Waals surface area contributed by atoms with Gasteiger partial charge in [0, 0.05) is 0 Å². The highest BCUT2D eigenvalue weighted by atomic mass is 79.9. The van der Waals surface area contributed by atoms with Crippen molar-refractivity contribution in [2.45, 2.75) is 19.8 Å². The normalized spacial score (nSPS) is 9.69. The molecule has 0 aliphatic rings. The Kier molecular flexibility index (Phi) is 3.96. The van der Waals surface area contributed by atoms with E-state index in [0.717, 1.165) is 18.4 Å². The zero-order valence-corrected chi connectivity index (χ0v) is 9.00. The van der Waals surface area contributed by atoms with Crippen molar-refractivity contribution in [3.63, 3.8) is 0 Å². The molecule has 1 aromatic rings. The van der Waals surface area contributed by atoms with Crippen LogP contribution in [0.2, 0.25) is 0 Å². The lowest BCUT2D eigenvalue weighted by Gasteiger charge is -2.00. The van der Waals surface area contributed by atoms with Crippen LogP contribution in [-0.2, 0) is 10.2 Å². The predicted molar refractivity (Wildman–Crippen MR) is 54.8 cm³/mol. The average molecular weight is 243 g/mol. The fourth-order valence-electron chi connectivity index (χ4n) is 1.19. The number of aryl methyl sites for hydroxylation is 1. The third kappa shape index (κ3) is 2.84. The maximum absolute atomic E-state index is 11.1. The highest BCUT2D eigenvalue weighted by molar-refractivity contribution is 9.06. The summed E-state index contributed by atoms with van der Waals surface area (Å²) in [6.07, 6.45) is 2.07. The van der Waals surface area contributed by atoms with Crippen molar-refractivity contribution < 1.29 is 8.62 Å². The van der Waals surface area contributed by atoms with Crippen molar-refractivity contribution in [3.8, 4) is 0 Å². The molecular formula is C10H11BrO2. The molecule has 13 heavy (non-hydrogen) atoms. The van der Waals surface area contributed by atoms with Gasteiger partial charge >= 0.3 is 5.97 Å². The second-order valence-corrected chi connectivity index (χ2v) is 3.14. The van der Waals surface area contributed by atoms with E-state index in [1.807, 2.05) is 18.2 Å². The largest absolute Gasteiger partial charge is 0.380 e. The summed E-state index contributed by atoms with van der Waals surface area (Å²) < 4.78 is 4.44. The topological polar surface area (TPSA) is 26.3 Å². The molecule has 0 aliphatic carbocycles. The van der Waals surface area contributed by atoms with Gasteiger partial charge < -0.3 is 3.83 Å². The van der Waals surface area contributed by atoms with E-state index in [1.165, 1.54) is 0 Å². The molecule has 0 atom stereocenters. The highest BCUT2D eigenvalue weighted by Gasteiger charge is 2.05. The first-order chi connectivity index (χ1) is 6.27. The monoisotopic (exact) mass is 242 g/mol. The molecule has 0 bridgehead atoms. The molecular weight excluding hydrogens is 232 g/mol. The van der Waals surface area contributed by atoms with Gasteiger partial charge in [0.1, 0.15) is 0 Å². The highest BCUT2D eigenvalue weighted by Crippen LogP contribution is 2.09. The summed E-state index contributed by atoms with van der Waals surface area (Å²) in [5.41, 5.74) is 1.75. The first-order valence-corrected chi connectivity index (χ1v) is 4.84. The van der Waals surface area contributed by atoms with Crippen molar-refractivity contribution in [1.82, 2.24) is 0 Å². The Morgan fingerprint density at radius 3 is 2.92 bits per heavy atom. The number of hydrogen-bond donors (Lipinski definition) is 0. The van der Waals surface area contributed by atoms with Gasteiger partial charge in [-0.1, -0.05) is 25.5 Å². The van der Waals surface area contributed by atoms with Gasteiger partial charge in [0.05, 0.1) is 5.56 Å².